The van der Waals surface area contributed by atoms with Gasteiger partial charge in [0.05, 0.1) is 23.6 Å². The summed E-state index contributed by atoms with van der Waals surface area (Å²) in [5.41, 5.74) is 1.36. The van der Waals surface area contributed by atoms with Gasteiger partial charge in [-0.2, -0.15) is 0 Å². The van der Waals surface area contributed by atoms with Crippen molar-refractivity contribution in [2.24, 2.45) is 0 Å². The van der Waals surface area contributed by atoms with Crippen LogP contribution in [0.5, 0.6) is 5.75 Å². The minimum absolute atomic E-state index is 0.0183. The highest BCUT2D eigenvalue weighted by molar-refractivity contribution is 7.92. The van der Waals surface area contributed by atoms with Crippen molar-refractivity contribution in [3.63, 3.8) is 0 Å². The summed E-state index contributed by atoms with van der Waals surface area (Å²) < 4.78 is 59.8. The Hall–Kier alpha value is -2.63. The number of anilines is 2. The molecule has 0 atom stereocenters. The van der Waals surface area contributed by atoms with Gasteiger partial charge < -0.3 is 9.64 Å². The average Bonchev–Trinajstić information content (AvgIpc) is 2.96. The van der Waals surface area contributed by atoms with E-state index in [1.165, 1.54) is 49.3 Å². The Balaban J connectivity index is 1.98. The molecule has 2 aromatic carbocycles. The lowest BCUT2D eigenvalue weighted by atomic mass is 10.2. The number of sulfonamides is 2. The summed E-state index contributed by atoms with van der Waals surface area (Å²) in [7, 11) is -3.48. The average molecular weight is 454 g/mol. The number of likely N-dealkylation sites (N-methyl/N-ethyl adjacent to an activating group) is 1. The van der Waals surface area contributed by atoms with Gasteiger partial charge in [0.1, 0.15) is 10.6 Å². The lowest BCUT2D eigenvalue weighted by Crippen LogP contribution is -2.23. The summed E-state index contributed by atoms with van der Waals surface area (Å²) in [4.78, 5) is 13.2. The van der Waals surface area contributed by atoms with Crippen LogP contribution in [0.1, 0.15) is 12.5 Å². The fraction of sp³-hybridized carbons (Fsp3) is 0.316. The molecular formula is C19H23N3O6S2. The van der Waals surface area contributed by atoms with Gasteiger partial charge in [-0.15, -0.1) is 0 Å². The van der Waals surface area contributed by atoms with Gasteiger partial charge in [-0.25, -0.2) is 21.1 Å². The monoisotopic (exact) mass is 453 g/mol. The number of benzene rings is 2. The van der Waals surface area contributed by atoms with Crippen molar-refractivity contribution in [3.05, 3.63) is 42.0 Å². The molecule has 1 N–H and O–H groups in total. The minimum atomic E-state index is -4.01. The first-order valence-electron chi connectivity index (χ1n) is 9.09. The summed E-state index contributed by atoms with van der Waals surface area (Å²) in [5, 5.41) is 0. The van der Waals surface area contributed by atoms with Crippen molar-refractivity contribution in [2.45, 2.75) is 23.1 Å². The molecule has 0 unspecified atom stereocenters. The standard InChI is InChI=1S/C19H23N3O6S2/c1-5-28-17-9-6-14(12-18(17)30(26,27)21(2)3)20-29(24,25)15-7-8-16-13(10-15)11-19(23)22(16)4/h6-10,12,20H,5,11H2,1-4H3. The van der Waals surface area contributed by atoms with Crippen LogP contribution in [0.4, 0.5) is 11.4 Å². The molecule has 30 heavy (non-hydrogen) atoms. The molecule has 0 spiro atoms. The summed E-state index contributed by atoms with van der Waals surface area (Å²) in [5.74, 6) is 0.0192. The topological polar surface area (TPSA) is 113 Å². The van der Waals surface area contributed by atoms with Crippen LogP contribution in [-0.4, -0.2) is 54.8 Å². The second kappa shape index (κ2) is 7.89. The molecule has 0 saturated carbocycles. The first-order chi connectivity index (χ1) is 14.0. The van der Waals surface area contributed by atoms with Crippen LogP contribution in [0.25, 0.3) is 0 Å². The first-order valence-corrected chi connectivity index (χ1v) is 12.0. The maximum Gasteiger partial charge on any atom is 0.261 e. The number of hydrogen-bond acceptors (Lipinski definition) is 6. The van der Waals surface area contributed by atoms with Crippen molar-refractivity contribution in [3.8, 4) is 5.75 Å². The molecule has 0 bridgehead atoms. The Morgan fingerprint density at radius 1 is 1.10 bits per heavy atom. The van der Waals surface area contributed by atoms with Crippen molar-refractivity contribution in [2.75, 3.05) is 37.4 Å². The molecule has 0 radical (unpaired) electrons. The zero-order valence-electron chi connectivity index (χ0n) is 17.0. The van der Waals surface area contributed by atoms with Crippen LogP contribution >= 0.6 is 0 Å². The number of rotatable bonds is 7. The third-order valence-corrected chi connectivity index (χ3v) is 7.91. The summed E-state index contributed by atoms with van der Waals surface area (Å²) in [6.45, 7) is 1.97. The highest BCUT2D eigenvalue weighted by atomic mass is 32.2. The van der Waals surface area contributed by atoms with Crippen molar-refractivity contribution >= 4 is 37.3 Å². The van der Waals surface area contributed by atoms with E-state index in [0.717, 1.165) is 4.31 Å². The van der Waals surface area contributed by atoms with E-state index in [-0.39, 0.29) is 40.2 Å². The van der Waals surface area contributed by atoms with Gasteiger partial charge in [-0.1, -0.05) is 0 Å². The SMILES string of the molecule is CCOc1ccc(NS(=O)(=O)c2ccc3c(c2)CC(=O)N3C)cc1S(=O)(=O)N(C)C. The number of nitrogens with zero attached hydrogens (tertiary/aromatic N) is 2. The van der Waals surface area contributed by atoms with Gasteiger partial charge in [0.15, 0.2) is 0 Å². The highest BCUT2D eigenvalue weighted by Gasteiger charge is 2.27. The second-order valence-electron chi connectivity index (χ2n) is 6.91. The molecule has 1 aliphatic heterocycles. The Morgan fingerprint density at radius 3 is 2.43 bits per heavy atom. The molecule has 9 nitrogen and oxygen atoms in total. The van der Waals surface area contributed by atoms with Crippen molar-refractivity contribution in [1.29, 1.82) is 0 Å². The maximum absolute atomic E-state index is 12.9. The van der Waals surface area contributed by atoms with Gasteiger partial charge in [0, 0.05) is 26.8 Å². The predicted molar refractivity (Wildman–Crippen MR) is 113 cm³/mol. The molecule has 1 amide bonds. The number of ether oxygens (including phenoxy) is 1. The number of nitrogens with one attached hydrogen (secondary N) is 1. The van der Waals surface area contributed by atoms with Gasteiger partial charge in [0.2, 0.25) is 15.9 Å². The number of carbonyl (C=O) groups is 1. The Bertz CT molecular complexity index is 1210. The maximum atomic E-state index is 12.9. The Labute approximate surface area is 176 Å². The van der Waals surface area contributed by atoms with Gasteiger partial charge in [0.25, 0.3) is 10.0 Å². The molecule has 3 rings (SSSR count). The van der Waals surface area contributed by atoms with Crippen LogP contribution in [0.3, 0.4) is 0 Å². The molecular weight excluding hydrogens is 430 g/mol. The molecule has 1 aliphatic rings. The zero-order valence-corrected chi connectivity index (χ0v) is 18.7. The van der Waals surface area contributed by atoms with E-state index in [9.17, 15) is 21.6 Å². The van der Waals surface area contributed by atoms with Gasteiger partial charge in [-0.05, 0) is 48.9 Å². The molecule has 1 heterocycles. The van der Waals surface area contributed by atoms with Crippen LogP contribution in [0.15, 0.2) is 46.2 Å². The van der Waals surface area contributed by atoms with Crippen molar-refractivity contribution in [1.82, 2.24) is 4.31 Å². The zero-order chi connectivity index (χ0) is 22.3. The third-order valence-electron chi connectivity index (χ3n) is 4.69. The molecule has 0 aromatic heterocycles. The largest absolute Gasteiger partial charge is 0.492 e. The summed E-state index contributed by atoms with van der Waals surface area (Å²) in [6.07, 6.45) is 0.128. The third kappa shape index (κ3) is 4.00. The predicted octanol–water partition coefficient (Wildman–Crippen LogP) is 1.66. The molecule has 0 fully saturated rings. The Morgan fingerprint density at radius 2 is 1.80 bits per heavy atom. The fourth-order valence-corrected chi connectivity index (χ4v) is 5.22. The fourth-order valence-electron chi connectivity index (χ4n) is 3.07. The summed E-state index contributed by atoms with van der Waals surface area (Å²) >= 11 is 0. The molecule has 11 heteroatoms. The lowest BCUT2D eigenvalue weighted by molar-refractivity contribution is -0.117. The van der Waals surface area contributed by atoms with E-state index in [1.807, 2.05) is 0 Å². The van der Waals surface area contributed by atoms with E-state index in [4.69, 9.17) is 4.74 Å². The van der Waals surface area contributed by atoms with E-state index < -0.39 is 20.0 Å². The van der Waals surface area contributed by atoms with Gasteiger partial charge >= 0.3 is 0 Å². The Kier molecular flexibility index (Phi) is 5.81. The van der Waals surface area contributed by atoms with E-state index in [2.05, 4.69) is 4.72 Å². The smallest absolute Gasteiger partial charge is 0.261 e. The number of hydrogen-bond donors (Lipinski definition) is 1. The molecule has 0 aliphatic carbocycles. The lowest BCUT2D eigenvalue weighted by Gasteiger charge is -2.17. The van der Waals surface area contributed by atoms with E-state index in [1.54, 1.807) is 20.0 Å². The highest BCUT2D eigenvalue weighted by Crippen LogP contribution is 2.32. The van der Waals surface area contributed by atoms with Crippen LogP contribution in [0.2, 0.25) is 0 Å². The minimum Gasteiger partial charge on any atom is -0.492 e. The first kappa shape index (κ1) is 22.1. The number of amides is 1. The van der Waals surface area contributed by atoms with Gasteiger partial charge in [-0.3, -0.25) is 9.52 Å². The number of fused-ring (bicyclic) bond motifs is 1. The second-order valence-corrected chi connectivity index (χ2v) is 10.7. The summed E-state index contributed by atoms with van der Waals surface area (Å²) in [6, 6.07) is 8.50. The van der Waals surface area contributed by atoms with E-state index >= 15 is 0 Å². The van der Waals surface area contributed by atoms with Crippen LogP contribution in [0, 0.1) is 0 Å². The molecule has 162 valence electrons. The molecule has 2 aromatic rings. The quantitative estimate of drug-likeness (QED) is 0.682. The normalized spacial score (nSPS) is 14.2. The number of carbonyl (C=O) groups excluding carboxylic acids is 1. The molecule has 0 saturated heterocycles. The van der Waals surface area contributed by atoms with Crippen molar-refractivity contribution < 1.29 is 26.4 Å². The van der Waals surface area contributed by atoms with Crippen LogP contribution in [-0.2, 0) is 31.3 Å². The van der Waals surface area contributed by atoms with Crippen LogP contribution < -0.4 is 14.4 Å². The van der Waals surface area contributed by atoms with E-state index in [0.29, 0.717) is 11.3 Å².